The van der Waals surface area contributed by atoms with Crippen molar-refractivity contribution in [3.63, 3.8) is 0 Å². The van der Waals surface area contributed by atoms with E-state index in [-0.39, 0.29) is 42.7 Å². The van der Waals surface area contributed by atoms with Crippen molar-refractivity contribution in [1.82, 2.24) is 0 Å². The molecule has 0 amide bonds. The molecule has 0 aliphatic rings. The van der Waals surface area contributed by atoms with Gasteiger partial charge < -0.3 is 28.6 Å². The zero-order valence-electron chi connectivity index (χ0n) is 36.1. The van der Waals surface area contributed by atoms with E-state index >= 15 is 0 Å². The van der Waals surface area contributed by atoms with E-state index in [0.717, 1.165) is 70.6 Å². The third-order valence-electron chi connectivity index (χ3n) is 9.70. The lowest BCUT2D eigenvalue weighted by Gasteiger charge is -2.34. The Morgan fingerprint density at radius 1 is 0.564 bits per heavy atom. The van der Waals surface area contributed by atoms with Crippen LogP contribution in [0.15, 0.2) is 48.6 Å². The summed E-state index contributed by atoms with van der Waals surface area (Å²) < 4.78 is 17.2. The van der Waals surface area contributed by atoms with Gasteiger partial charge in [0.15, 0.2) is 6.10 Å². The number of carboxylic acids is 1. The number of carboxylic acid groups (broad SMARTS) is 1. The largest absolute Gasteiger partial charge is 0.544 e. The van der Waals surface area contributed by atoms with E-state index in [1.165, 1.54) is 77.0 Å². The van der Waals surface area contributed by atoms with Gasteiger partial charge in [-0.25, -0.2) is 0 Å². The number of hydrogen-bond acceptors (Lipinski definition) is 7. The average Bonchev–Trinajstić information content (AvgIpc) is 3.14. The Labute approximate surface area is 337 Å². The molecule has 2 unspecified atom stereocenters. The average molecular weight is 774 g/mol. The number of carbonyl (C=O) groups is 3. The molecule has 0 aromatic carbocycles. The number of likely N-dealkylation sites (N-methyl/N-ethyl adjacent to an activating group) is 1. The molecule has 0 fully saturated rings. The molecule has 0 radical (unpaired) electrons. The van der Waals surface area contributed by atoms with Gasteiger partial charge in [-0.05, 0) is 70.6 Å². The number of allylic oxidation sites excluding steroid dienone is 8. The van der Waals surface area contributed by atoms with Crippen molar-refractivity contribution in [3.8, 4) is 0 Å². The predicted octanol–water partition coefficient (Wildman–Crippen LogP) is 10.7. The number of quaternary nitrogens is 1. The summed E-state index contributed by atoms with van der Waals surface area (Å²) in [6.07, 6.45) is 44.1. The second kappa shape index (κ2) is 38.2. The Morgan fingerprint density at radius 3 is 1.49 bits per heavy atom. The zero-order valence-corrected chi connectivity index (χ0v) is 36.1. The van der Waals surface area contributed by atoms with Gasteiger partial charge in [-0.2, -0.15) is 0 Å². The van der Waals surface area contributed by atoms with E-state index < -0.39 is 18.1 Å². The molecule has 0 aliphatic carbocycles. The molecular weight excluding hydrogens is 691 g/mol. The maximum absolute atomic E-state index is 12.7. The van der Waals surface area contributed by atoms with Crippen LogP contribution in [0.1, 0.15) is 181 Å². The summed E-state index contributed by atoms with van der Waals surface area (Å²) in [5.41, 5.74) is 0. The molecule has 0 N–H and O–H groups in total. The molecule has 318 valence electrons. The minimum Gasteiger partial charge on any atom is -0.544 e. The molecule has 0 rings (SSSR count). The highest BCUT2D eigenvalue weighted by atomic mass is 16.6. The molecule has 0 aromatic rings. The van der Waals surface area contributed by atoms with E-state index in [0.29, 0.717) is 12.8 Å². The molecule has 0 aliphatic heterocycles. The van der Waals surface area contributed by atoms with Crippen LogP contribution in [0.25, 0.3) is 0 Å². The van der Waals surface area contributed by atoms with Crippen LogP contribution in [0.2, 0.25) is 0 Å². The summed E-state index contributed by atoms with van der Waals surface area (Å²) >= 11 is 0. The number of carbonyl (C=O) groups excluding carboxylic acids is 3. The van der Waals surface area contributed by atoms with Crippen LogP contribution in [-0.4, -0.2) is 75.5 Å². The monoisotopic (exact) mass is 774 g/mol. The molecule has 0 heterocycles. The standard InChI is InChI=1S/C47H83NO7/c1-6-8-10-12-14-16-18-20-22-23-24-26-27-29-31-33-35-37-45(49)54-42-43(41-53-40-39-44(47(51)52)48(3,4)5)55-46(50)38-36-34-32-30-28-25-21-19-17-15-13-11-9-7-2/h9,11,14-17,20,22,43-44H,6-8,10,12-13,18-19,21,23-42H2,1-5H3/b11-9+,16-14+,17-15+,22-20+. The Morgan fingerprint density at radius 2 is 1.02 bits per heavy atom. The summed E-state index contributed by atoms with van der Waals surface area (Å²) in [4.78, 5) is 36.8. The molecule has 0 aromatic heterocycles. The van der Waals surface area contributed by atoms with Crippen molar-refractivity contribution in [2.24, 2.45) is 0 Å². The van der Waals surface area contributed by atoms with Crippen molar-refractivity contribution in [3.05, 3.63) is 48.6 Å². The summed E-state index contributed by atoms with van der Waals surface area (Å²) in [5.74, 6) is -1.76. The minimum atomic E-state index is -1.13. The predicted molar refractivity (Wildman–Crippen MR) is 226 cm³/mol. The highest BCUT2D eigenvalue weighted by Crippen LogP contribution is 2.14. The molecule has 0 spiro atoms. The first-order chi connectivity index (χ1) is 26.6. The summed E-state index contributed by atoms with van der Waals surface area (Å²) in [5, 5.41) is 11.6. The lowest BCUT2D eigenvalue weighted by Crippen LogP contribution is -2.55. The van der Waals surface area contributed by atoms with E-state index in [2.05, 4.69) is 62.5 Å². The third kappa shape index (κ3) is 36.7. The van der Waals surface area contributed by atoms with Crippen LogP contribution < -0.4 is 5.11 Å². The van der Waals surface area contributed by atoms with Gasteiger partial charge in [-0.1, -0.05) is 140 Å². The van der Waals surface area contributed by atoms with Gasteiger partial charge >= 0.3 is 11.9 Å². The highest BCUT2D eigenvalue weighted by molar-refractivity contribution is 5.70. The van der Waals surface area contributed by atoms with Crippen LogP contribution in [0.3, 0.4) is 0 Å². The quantitative estimate of drug-likeness (QED) is 0.0265. The third-order valence-corrected chi connectivity index (χ3v) is 9.70. The summed E-state index contributed by atoms with van der Waals surface area (Å²) in [6, 6.07) is -0.729. The second-order valence-corrected chi connectivity index (χ2v) is 15.9. The first kappa shape index (κ1) is 52.3. The molecular formula is C47H83NO7. The minimum absolute atomic E-state index is 0.0343. The normalized spacial score (nSPS) is 13.4. The van der Waals surface area contributed by atoms with E-state index in [1.807, 2.05) is 0 Å². The molecule has 8 heteroatoms. The van der Waals surface area contributed by atoms with E-state index in [9.17, 15) is 19.5 Å². The van der Waals surface area contributed by atoms with Gasteiger partial charge in [0.2, 0.25) is 0 Å². The van der Waals surface area contributed by atoms with Gasteiger partial charge in [0.25, 0.3) is 0 Å². The Bertz CT molecular complexity index is 1040. The number of ether oxygens (including phenoxy) is 3. The first-order valence-corrected chi connectivity index (χ1v) is 22.2. The number of rotatable bonds is 39. The zero-order chi connectivity index (χ0) is 40.7. The van der Waals surface area contributed by atoms with Crippen molar-refractivity contribution >= 4 is 17.9 Å². The number of aliphatic carboxylic acids is 1. The smallest absolute Gasteiger partial charge is 0.306 e. The number of nitrogens with zero attached hydrogens (tertiary/aromatic N) is 1. The van der Waals surface area contributed by atoms with Gasteiger partial charge in [0.1, 0.15) is 12.6 Å². The van der Waals surface area contributed by atoms with Gasteiger partial charge in [0.05, 0.1) is 40.3 Å². The van der Waals surface area contributed by atoms with Gasteiger partial charge in [-0.15, -0.1) is 0 Å². The van der Waals surface area contributed by atoms with Crippen LogP contribution in [0, 0.1) is 0 Å². The van der Waals surface area contributed by atoms with Crippen LogP contribution >= 0.6 is 0 Å². The highest BCUT2D eigenvalue weighted by Gasteiger charge is 2.25. The lowest BCUT2D eigenvalue weighted by atomic mass is 10.1. The fourth-order valence-electron chi connectivity index (χ4n) is 6.26. The van der Waals surface area contributed by atoms with E-state index in [4.69, 9.17) is 14.2 Å². The fraction of sp³-hybridized carbons (Fsp3) is 0.766. The van der Waals surface area contributed by atoms with Gasteiger partial charge in [-0.3, -0.25) is 9.59 Å². The first-order valence-electron chi connectivity index (χ1n) is 22.2. The van der Waals surface area contributed by atoms with Crippen molar-refractivity contribution < 1.29 is 38.2 Å². The van der Waals surface area contributed by atoms with Crippen molar-refractivity contribution in [2.75, 3.05) is 41.0 Å². The second-order valence-electron chi connectivity index (χ2n) is 15.9. The molecule has 0 bridgehead atoms. The van der Waals surface area contributed by atoms with Crippen molar-refractivity contribution in [2.45, 2.75) is 193 Å². The van der Waals surface area contributed by atoms with Crippen LogP contribution in [0.5, 0.6) is 0 Å². The Balaban J connectivity index is 4.35. The molecule has 0 saturated heterocycles. The SMILES string of the molecule is CC/C=C/C/C=C/CCCCCCCCCC(=O)OC(COCCC(C(=O)[O-])[N+](C)(C)C)COC(=O)CCCCCCCCC/C=C/C/C=C/CCCCC. The lowest BCUT2D eigenvalue weighted by molar-refractivity contribution is -0.889. The maximum atomic E-state index is 12.7. The summed E-state index contributed by atoms with van der Waals surface area (Å²) in [6.45, 7) is 4.51. The number of hydrogen-bond donors (Lipinski definition) is 0. The Kier molecular flexibility index (Phi) is 36.3. The van der Waals surface area contributed by atoms with Crippen LogP contribution in [-0.2, 0) is 28.6 Å². The number of unbranched alkanes of at least 4 members (excludes halogenated alkanes) is 17. The molecule has 0 saturated carbocycles. The maximum Gasteiger partial charge on any atom is 0.306 e. The molecule has 55 heavy (non-hydrogen) atoms. The van der Waals surface area contributed by atoms with E-state index in [1.54, 1.807) is 21.1 Å². The topological polar surface area (TPSA) is 102 Å². The van der Waals surface area contributed by atoms with Gasteiger partial charge in [0, 0.05) is 19.3 Å². The van der Waals surface area contributed by atoms with Crippen LogP contribution in [0.4, 0.5) is 0 Å². The Hall–Kier alpha value is -2.71. The molecule has 2 atom stereocenters. The fourth-order valence-corrected chi connectivity index (χ4v) is 6.26. The summed E-state index contributed by atoms with van der Waals surface area (Å²) in [7, 11) is 5.40. The molecule has 8 nitrogen and oxygen atoms in total. The number of esters is 2. The van der Waals surface area contributed by atoms with Crippen molar-refractivity contribution in [1.29, 1.82) is 0 Å².